The molecule has 0 saturated heterocycles. The third kappa shape index (κ3) is 3.42. The van der Waals surface area contributed by atoms with Crippen LogP contribution in [0.1, 0.15) is 22.0 Å². The summed E-state index contributed by atoms with van der Waals surface area (Å²) in [5, 5.41) is 14.5. The van der Waals surface area contributed by atoms with Gasteiger partial charge in [-0.1, -0.05) is 40.4 Å². The maximum Gasteiger partial charge on any atom is 0.355 e. The number of hydrogen-bond donors (Lipinski definition) is 1. The highest BCUT2D eigenvalue weighted by molar-refractivity contribution is 6.37. The second kappa shape index (κ2) is 7.85. The molecule has 0 radical (unpaired) electrons. The van der Waals surface area contributed by atoms with Crippen molar-refractivity contribution in [3.05, 3.63) is 80.7 Å². The minimum absolute atomic E-state index is 0.0588. The molecular weight excluding hydrogens is 436 g/mol. The van der Waals surface area contributed by atoms with E-state index in [0.717, 1.165) is 0 Å². The number of nitrogens with one attached hydrogen (secondary N) is 1. The molecular formula is C19H12Cl2FN5O3. The van der Waals surface area contributed by atoms with E-state index in [0.29, 0.717) is 10.6 Å². The van der Waals surface area contributed by atoms with E-state index in [4.69, 9.17) is 27.9 Å². The summed E-state index contributed by atoms with van der Waals surface area (Å²) >= 11 is 12.2. The first-order chi connectivity index (χ1) is 14.4. The lowest BCUT2D eigenvalue weighted by molar-refractivity contribution is -0.136. The number of esters is 1. The van der Waals surface area contributed by atoms with Gasteiger partial charge in [0, 0.05) is 10.6 Å². The lowest BCUT2D eigenvalue weighted by Crippen LogP contribution is -2.33. The van der Waals surface area contributed by atoms with Gasteiger partial charge in [-0.15, -0.1) is 0 Å². The molecule has 11 heteroatoms. The number of Topliss-reactive ketones (excluding diaryl/α,β-unsaturated/α-hetero) is 1. The first-order valence-corrected chi connectivity index (χ1v) is 9.29. The zero-order chi connectivity index (χ0) is 21.4. The topological polar surface area (TPSA) is 99.0 Å². The molecule has 2 aromatic carbocycles. The van der Waals surface area contributed by atoms with Crippen LogP contribution in [0.5, 0.6) is 0 Å². The molecule has 2 heterocycles. The molecule has 30 heavy (non-hydrogen) atoms. The number of ether oxygens (including phenoxy) is 1. The van der Waals surface area contributed by atoms with E-state index in [2.05, 4.69) is 20.8 Å². The number of carbonyl (C=O) groups is 2. The number of hydrogen-bond acceptors (Lipinski definition) is 7. The van der Waals surface area contributed by atoms with E-state index in [-0.39, 0.29) is 27.8 Å². The van der Waals surface area contributed by atoms with Gasteiger partial charge in [0.2, 0.25) is 5.95 Å². The van der Waals surface area contributed by atoms with Crippen molar-refractivity contribution in [3.63, 3.8) is 0 Å². The zero-order valence-electron chi connectivity index (χ0n) is 15.3. The van der Waals surface area contributed by atoms with Gasteiger partial charge < -0.3 is 10.1 Å². The average Bonchev–Trinajstić information content (AvgIpc) is 3.19. The molecule has 0 bridgehead atoms. The van der Waals surface area contributed by atoms with Gasteiger partial charge in [-0.25, -0.2) is 9.18 Å². The number of benzene rings is 2. The Morgan fingerprint density at radius 1 is 1.20 bits per heavy atom. The highest BCUT2D eigenvalue weighted by Gasteiger charge is 2.39. The lowest BCUT2D eigenvalue weighted by atomic mass is 9.89. The van der Waals surface area contributed by atoms with E-state index in [9.17, 15) is 14.0 Å². The molecule has 0 amide bonds. The molecule has 3 aromatic rings. The summed E-state index contributed by atoms with van der Waals surface area (Å²) in [4.78, 5) is 26.1. The van der Waals surface area contributed by atoms with Crippen molar-refractivity contribution in [1.29, 1.82) is 0 Å². The summed E-state index contributed by atoms with van der Waals surface area (Å²) in [6.07, 6.45) is 0. The predicted molar refractivity (Wildman–Crippen MR) is 106 cm³/mol. The van der Waals surface area contributed by atoms with Crippen LogP contribution in [0.25, 0.3) is 0 Å². The van der Waals surface area contributed by atoms with Gasteiger partial charge in [0.1, 0.15) is 17.6 Å². The molecule has 152 valence electrons. The number of rotatable bonds is 4. The van der Waals surface area contributed by atoms with Crippen molar-refractivity contribution in [1.82, 2.24) is 20.2 Å². The number of fused-ring (bicyclic) bond motifs is 1. The number of aromatic nitrogens is 4. The van der Waals surface area contributed by atoms with E-state index in [1.165, 1.54) is 48.2 Å². The number of carbonyl (C=O) groups excluding carboxylic acids is 2. The molecule has 0 fully saturated rings. The Morgan fingerprint density at radius 3 is 2.70 bits per heavy atom. The number of halogens is 3. The summed E-state index contributed by atoms with van der Waals surface area (Å²) < 4.78 is 20.1. The fourth-order valence-electron chi connectivity index (χ4n) is 3.19. The largest absolute Gasteiger partial charge is 0.464 e. The third-order valence-corrected chi connectivity index (χ3v) is 5.04. The van der Waals surface area contributed by atoms with Crippen molar-refractivity contribution in [2.24, 2.45) is 0 Å². The smallest absolute Gasteiger partial charge is 0.355 e. The van der Waals surface area contributed by atoms with Crippen LogP contribution >= 0.6 is 23.2 Å². The second-order valence-electron chi connectivity index (χ2n) is 6.26. The summed E-state index contributed by atoms with van der Waals surface area (Å²) in [5.41, 5.74) is 0.207. The number of allylic oxidation sites excluding steroid dienone is 1. The molecule has 0 aliphatic carbocycles. The molecule has 8 nitrogen and oxygen atoms in total. The highest BCUT2D eigenvalue weighted by Crippen LogP contribution is 2.38. The van der Waals surface area contributed by atoms with Gasteiger partial charge in [-0.05, 0) is 46.3 Å². The Labute approximate surface area is 179 Å². The second-order valence-corrected chi connectivity index (χ2v) is 7.11. The van der Waals surface area contributed by atoms with Gasteiger partial charge in [-0.3, -0.25) is 4.79 Å². The van der Waals surface area contributed by atoms with Gasteiger partial charge in [0.05, 0.1) is 17.7 Å². The molecule has 1 aliphatic heterocycles. The maximum atomic E-state index is 14.0. The molecule has 1 N–H and O–H groups in total. The number of methoxy groups -OCH3 is 1. The Bertz CT molecular complexity index is 1210. The number of anilines is 1. The van der Waals surface area contributed by atoms with Gasteiger partial charge in [0.15, 0.2) is 5.78 Å². The van der Waals surface area contributed by atoms with Gasteiger partial charge >= 0.3 is 5.97 Å². The standard InChI is InChI=1S/C19H12Cl2FN5O3/c1-30-18(29)15-14(17(28)12-6-5-10(20)8-13(12)21)16(9-3-2-4-11(22)7-9)27-19(23-15)24-25-26-27/h2-8,16H,1H3,(H,23,24,26)/t16-/m1/s1. The lowest BCUT2D eigenvalue weighted by Gasteiger charge is -2.28. The third-order valence-electron chi connectivity index (χ3n) is 4.49. The van der Waals surface area contributed by atoms with E-state index in [1.54, 1.807) is 6.07 Å². The number of tetrazole rings is 1. The fraction of sp³-hybridized carbons (Fsp3) is 0.105. The molecule has 0 unspecified atom stereocenters. The molecule has 1 atom stereocenters. The summed E-state index contributed by atoms with van der Waals surface area (Å²) in [6.45, 7) is 0. The SMILES string of the molecule is COC(=O)C1=C(C(=O)c2ccc(Cl)cc2Cl)[C@@H](c2cccc(F)c2)n2nnnc2N1. The van der Waals surface area contributed by atoms with Crippen LogP contribution in [-0.4, -0.2) is 39.1 Å². The Balaban J connectivity index is 1.98. The van der Waals surface area contributed by atoms with Crippen molar-refractivity contribution >= 4 is 40.9 Å². The minimum Gasteiger partial charge on any atom is -0.464 e. The van der Waals surface area contributed by atoms with Gasteiger partial charge in [-0.2, -0.15) is 4.68 Å². The summed E-state index contributed by atoms with van der Waals surface area (Å²) in [5.74, 6) is -1.86. The quantitative estimate of drug-likeness (QED) is 0.482. The normalized spacial score (nSPS) is 15.4. The van der Waals surface area contributed by atoms with Crippen molar-refractivity contribution < 1.29 is 18.7 Å². The van der Waals surface area contributed by atoms with Crippen LogP contribution in [0.4, 0.5) is 10.3 Å². The molecule has 4 rings (SSSR count). The van der Waals surface area contributed by atoms with Crippen LogP contribution in [-0.2, 0) is 9.53 Å². The molecule has 1 aromatic heterocycles. The summed E-state index contributed by atoms with van der Waals surface area (Å²) in [7, 11) is 1.17. The van der Waals surface area contributed by atoms with E-state index in [1.807, 2.05) is 0 Å². The predicted octanol–water partition coefficient (Wildman–Crippen LogP) is 3.44. The Morgan fingerprint density at radius 2 is 2.00 bits per heavy atom. The number of ketones is 1. The molecule has 0 saturated carbocycles. The van der Waals surface area contributed by atoms with Crippen molar-refractivity contribution in [2.45, 2.75) is 6.04 Å². The van der Waals surface area contributed by atoms with Crippen LogP contribution in [0, 0.1) is 5.82 Å². The van der Waals surface area contributed by atoms with Crippen LogP contribution < -0.4 is 5.32 Å². The highest BCUT2D eigenvalue weighted by atomic mass is 35.5. The molecule has 1 aliphatic rings. The Hall–Kier alpha value is -3.30. The van der Waals surface area contributed by atoms with Crippen molar-refractivity contribution in [3.8, 4) is 0 Å². The summed E-state index contributed by atoms with van der Waals surface area (Å²) in [6, 6.07) is 8.88. The van der Waals surface area contributed by atoms with Crippen LogP contribution in [0.15, 0.2) is 53.7 Å². The number of nitrogens with zero attached hydrogens (tertiary/aromatic N) is 4. The average molecular weight is 448 g/mol. The maximum absolute atomic E-state index is 14.0. The first-order valence-electron chi connectivity index (χ1n) is 8.53. The van der Waals surface area contributed by atoms with Crippen LogP contribution in [0.2, 0.25) is 10.0 Å². The monoisotopic (exact) mass is 447 g/mol. The fourth-order valence-corrected chi connectivity index (χ4v) is 3.69. The van der Waals surface area contributed by atoms with E-state index >= 15 is 0 Å². The first kappa shape index (κ1) is 20.0. The van der Waals surface area contributed by atoms with Crippen LogP contribution in [0.3, 0.4) is 0 Å². The van der Waals surface area contributed by atoms with E-state index < -0.39 is 23.6 Å². The minimum atomic E-state index is -1.01. The van der Waals surface area contributed by atoms with Gasteiger partial charge in [0.25, 0.3) is 0 Å². The Kier molecular flexibility index (Phi) is 5.23. The zero-order valence-corrected chi connectivity index (χ0v) is 16.8. The van der Waals surface area contributed by atoms with Crippen molar-refractivity contribution in [2.75, 3.05) is 12.4 Å². The molecule has 0 spiro atoms.